The molecular formula is C97H77BN4S. The zero-order chi connectivity index (χ0) is 74.6. The van der Waals surface area contributed by atoms with Crippen molar-refractivity contribution in [2.45, 2.75) is 78.6 Å². The number of hydrogen-bond acceptors (Lipinski definition) is 4. The fourth-order valence-corrected chi connectivity index (χ4v) is 17.3. The number of thiophene rings is 1. The van der Waals surface area contributed by atoms with Crippen LogP contribution in [0.3, 0.4) is 0 Å². The molecule has 6 heteroatoms. The van der Waals surface area contributed by atoms with E-state index in [0.717, 1.165) is 145 Å². The van der Waals surface area contributed by atoms with Gasteiger partial charge in [0.2, 0.25) is 0 Å². The van der Waals surface area contributed by atoms with Crippen molar-refractivity contribution in [3.63, 3.8) is 0 Å². The van der Waals surface area contributed by atoms with Gasteiger partial charge in [0.15, 0.2) is 0 Å². The molecule has 16 aromatic rings. The standard InChI is InChI=1S/C97H77BN4S/c1-95(2,3)69-44-49-84-80(54-69)79-50-61(60-99)42-48-83(79)100(84)72-45-47-82-86(59-72)102(94-77(65-34-21-13-22-35-65)57-71(97(7,8)9)58-78(94)66-36-23-14-24-37-66)88-53-68(73-39-27-41-90-91(73)74-38-25-26-40-89(74)103-90)52-87-92(88)98(82)81-46-43-67(62-28-15-10-16-29-62)51-85(81)101(87)93-75(63-30-17-11-18-31-63)55-70(96(4,5)6)56-76(93)64-32-19-12-20-33-64/h10-59H,1-9H3/i10D,15D,16D,28D,29D. The Morgan fingerprint density at radius 1 is 0.359 bits per heavy atom. The molecule has 4 nitrogen and oxygen atoms in total. The summed E-state index contributed by atoms with van der Waals surface area (Å²) in [5.74, 6) is 0. The Hall–Kier alpha value is -11.7. The van der Waals surface area contributed by atoms with Gasteiger partial charge in [0.25, 0.3) is 6.71 Å². The van der Waals surface area contributed by atoms with E-state index in [1.165, 1.54) is 25.9 Å². The molecule has 2 aliphatic rings. The van der Waals surface area contributed by atoms with E-state index in [9.17, 15) is 10.7 Å². The van der Waals surface area contributed by atoms with Gasteiger partial charge in [0, 0.05) is 81.6 Å². The molecule has 14 aromatic carbocycles. The Balaban J connectivity index is 1.07. The summed E-state index contributed by atoms with van der Waals surface area (Å²) in [6.07, 6.45) is 0. The first-order valence-electron chi connectivity index (χ1n) is 38.1. The molecule has 18 rings (SSSR count). The average Bonchev–Trinajstić information content (AvgIpc) is 0.752. The van der Waals surface area contributed by atoms with E-state index in [4.69, 9.17) is 1.37 Å². The van der Waals surface area contributed by atoms with Crippen LogP contribution in [0.1, 0.15) is 91.4 Å². The van der Waals surface area contributed by atoms with Gasteiger partial charge in [-0.25, -0.2) is 0 Å². The molecule has 494 valence electrons. The molecule has 0 N–H and O–H groups in total. The van der Waals surface area contributed by atoms with Gasteiger partial charge in [-0.05, 0) is 191 Å². The second kappa shape index (κ2) is 24.2. The molecule has 0 atom stereocenters. The van der Waals surface area contributed by atoms with Crippen LogP contribution in [0.15, 0.2) is 303 Å². The molecule has 103 heavy (non-hydrogen) atoms. The van der Waals surface area contributed by atoms with E-state index in [1.807, 2.05) is 18.2 Å². The summed E-state index contributed by atoms with van der Waals surface area (Å²) >= 11 is 1.80. The number of nitrogens with zero attached hydrogens (tertiary/aromatic N) is 4. The predicted molar refractivity (Wildman–Crippen MR) is 441 cm³/mol. The van der Waals surface area contributed by atoms with Crippen LogP contribution in [0.4, 0.5) is 34.1 Å². The molecule has 4 heterocycles. The summed E-state index contributed by atoms with van der Waals surface area (Å²) in [5.41, 5.74) is 25.9. The van der Waals surface area contributed by atoms with E-state index < -0.39 is 24.8 Å². The minimum Gasteiger partial charge on any atom is -0.310 e. The molecule has 2 aromatic heterocycles. The second-order valence-electron chi connectivity index (χ2n) is 30.8. The van der Waals surface area contributed by atoms with E-state index in [0.29, 0.717) is 11.1 Å². The SMILES string of the molecule is [2H]c1c([2H])c([2H])c(-c2ccc3c(c2)N(c2c(-c4ccccc4)cc(C(C)(C)C)cc2-c2ccccc2)c2cc(-c4cccc5sc6ccccc6c45)cc4c2B3c2ccc(-n3c5ccc(C#N)cc5c5cc(C(C)(C)C)ccc53)cc2N4c2c(-c3ccccc3)cc(C(C)(C)C)cc2-c2ccccc2)c([2H])c1[2H]. The van der Waals surface area contributed by atoms with Gasteiger partial charge in [-0.2, -0.15) is 5.26 Å². The van der Waals surface area contributed by atoms with Gasteiger partial charge in [-0.3, -0.25) is 0 Å². The minimum atomic E-state index is -0.489. The fourth-order valence-electron chi connectivity index (χ4n) is 16.1. The lowest BCUT2D eigenvalue weighted by Crippen LogP contribution is -2.61. The molecule has 0 saturated heterocycles. The molecule has 0 spiro atoms. The minimum absolute atomic E-state index is 0.123. The maximum atomic E-state index is 10.6. The van der Waals surface area contributed by atoms with Crippen LogP contribution < -0.4 is 26.2 Å². The Labute approximate surface area is 615 Å². The maximum Gasteiger partial charge on any atom is 0.252 e. The number of hydrogen-bond donors (Lipinski definition) is 0. The molecule has 0 radical (unpaired) electrons. The number of anilines is 6. The first-order valence-corrected chi connectivity index (χ1v) is 36.5. The Bertz CT molecular complexity index is 6310. The molecular weight excluding hydrogens is 1260 g/mol. The smallest absolute Gasteiger partial charge is 0.252 e. The van der Waals surface area contributed by atoms with Crippen LogP contribution in [0.25, 0.3) is 114 Å². The Morgan fingerprint density at radius 2 is 0.825 bits per heavy atom. The highest BCUT2D eigenvalue weighted by Crippen LogP contribution is 2.56. The molecule has 2 aliphatic heterocycles. The van der Waals surface area contributed by atoms with Crippen LogP contribution >= 0.6 is 11.3 Å². The zero-order valence-electron chi connectivity index (χ0n) is 64.3. The van der Waals surface area contributed by atoms with Crippen molar-refractivity contribution in [1.82, 2.24) is 4.57 Å². The highest BCUT2D eigenvalue weighted by atomic mass is 32.1. The van der Waals surface area contributed by atoms with Gasteiger partial charge in [-0.1, -0.05) is 268 Å². The zero-order valence-corrected chi connectivity index (χ0v) is 60.1. The normalized spacial score (nSPS) is 13.5. The third kappa shape index (κ3) is 10.6. The molecule has 0 unspecified atom stereocenters. The first kappa shape index (κ1) is 58.0. The van der Waals surface area contributed by atoms with E-state index in [1.54, 1.807) is 11.3 Å². The molecule has 0 amide bonds. The number of aromatic nitrogens is 1. The number of nitriles is 1. The molecule has 0 aliphatic carbocycles. The lowest BCUT2D eigenvalue weighted by Gasteiger charge is -2.46. The van der Waals surface area contributed by atoms with Gasteiger partial charge in [0.05, 0.1) is 40.9 Å². The highest BCUT2D eigenvalue weighted by Gasteiger charge is 2.46. The largest absolute Gasteiger partial charge is 0.310 e. The summed E-state index contributed by atoms with van der Waals surface area (Å²) < 4.78 is 51.4. The average molecular weight is 1350 g/mol. The van der Waals surface area contributed by atoms with Crippen molar-refractivity contribution in [3.8, 4) is 78.5 Å². The number of rotatable bonds is 9. The van der Waals surface area contributed by atoms with Crippen molar-refractivity contribution < 1.29 is 6.85 Å². The first-order chi connectivity index (χ1) is 52.0. The van der Waals surface area contributed by atoms with Crippen molar-refractivity contribution in [1.29, 1.82) is 5.26 Å². The van der Waals surface area contributed by atoms with Crippen LogP contribution in [0.2, 0.25) is 0 Å². The topological polar surface area (TPSA) is 35.2 Å². The number of benzene rings is 14. The van der Waals surface area contributed by atoms with Gasteiger partial charge >= 0.3 is 0 Å². The highest BCUT2D eigenvalue weighted by molar-refractivity contribution is 7.26. The summed E-state index contributed by atoms with van der Waals surface area (Å²) in [4.78, 5) is 5.11. The second-order valence-corrected chi connectivity index (χ2v) is 31.9. The van der Waals surface area contributed by atoms with Crippen LogP contribution in [-0.4, -0.2) is 11.3 Å². The van der Waals surface area contributed by atoms with Gasteiger partial charge in [-0.15, -0.1) is 11.3 Å². The van der Waals surface area contributed by atoms with E-state index in [2.05, 4.69) is 338 Å². The summed E-state index contributed by atoms with van der Waals surface area (Å²) in [6.45, 7) is 20.0. The van der Waals surface area contributed by atoms with Crippen LogP contribution in [-0.2, 0) is 16.2 Å². The maximum absolute atomic E-state index is 10.6. The van der Waals surface area contributed by atoms with Crippen molar-refractivity contribution in [2.24, 2.45) is 0 Å². The van der Waals surface area contributed by atoms with Crippen molar-refractivity contribution in [2.75, 3.05) is 9.80 Å². The predicted octanol–water partition coefficient (Wildman–Crippen LogP) is 25.0. The quantitative estimate of drug-likeness (QED) is 0.135. The molecule has 0 bridgehead atoms. The third-order valence-electron chi connectivity index (χ3n) is 21.3. The fraction of sp³-hybridized carbons (Fsp3) is 0.124. The van der Waals surface area contributed by atoms with Gasteiger partial charge in [0.1, 0.15) is 0 Å². The third-order valence-corrected chi connectivity index (χ3v) is 22.5. The van der Waals surface area contributed by atoms with E-state index in [-0.39, 0.29) is 33.9 Å². The van der Waals surface area contributed by atoms with Crippen molar-refractivity contribution in [3.05, 3.63) is 325 Å². The van der Waals surface area contributed by atoms with Crippen molar-refractivity contribution >= 4 is 111 Å². The monoisotopic (exact) mass is 1350 g/mol. The van der Waals surface area contributed by atoms with E-state index >= 15 is 0 Å². The van der Waals surface area contributed by atoms with Crippen LogP contribution in [0, 0.1) is 11.3 Å². The Morgan fingerprint density at radius 3 is 1.35 bits per heavy atom. The summed E-state index contributed by atoms with van der Waals surface area (Å²) in [6, 6.07) is 100. The number of fused-ring (bicyclic) bond motifs is 10. The summed E-state index contributed by atoms with van der Waals surface area (Å²) in [7, 11) is 0. The van der Waals surface area contributed by atoms with Crippen LogP contribution in [0.5, 0.6) is 0 Å². The lowest BCUT2D eigenvalue weighted by atomic mass is 9.33. The Kier molecular flexibility index (Phi) is 13.6. The lowest BCUT2D eigenvalue weighted by molar-refractivity contribution is 0.590. The molecule has 0 saturated carbocycles. The summed E-state index contributed by atoms with van der Waals surface area (Å²) in [5, 5.41) is 15.0. The van der Waals surface area contributed by atoms with Gasteiger partial charge < -0.3 is 14.4 Å². The molecule has 0 fully saturated rings.